The Balaban J connectivity index is 2.84. The predicted molar refractivity (Wildman–Crippen MR) is 72.8 cm³/mol. The van der Waals surface area contributed by atoms with Gasteiger partial charge in [-0.1, -0.05) is 34.1 Å². The van der Waals surface area contributed by atoms with Crippen LogP contribution in [0.25, 0.3) is 0 Å². The van der Waals surface area contributed by atoms with E-state index in [1.165, 1.54) is 12.1 Å². The maximum Gasteiger partial charge on any atom is 0.0951 e. The van der Waals surface area contributed by atoms with Crippen molar-refractivity contribution in [3.05, 3.63) is 18.2 Å². The highest BCUT2D eigenvalue weighted by atomic mass is 15.1. The van der Waals surface area contributed by atoms with Crippen molar-refractivity contribution < 1.29 is 0 Å². The van der Waals surface area contributed by atoms with E-state index in [4.69, 9.17) is 5.73 Å². The highest BCUT2D eigenvalue weighted by Crippen LogP contribution is 2.26. The summed E-state index contributed by atoms with van der Waals surface area (Å²) in [5.41, 5.74) is 7.43. The molecule has 0 bridgehead atoms. The molecular formula is C14H27N3. The van der Waals surface area contributed by atoms with E-state index < -0.39 is 0 Å². The number of nitrogens with zero attached hydrogens (tertiary/aromatic N) is 2. The average Bonchev–Trinajstić information content (AvgIpc) is 2.74. The van der Waals surface area contributed by atoms with Crippen LogP contribution < -0.4 is 5.73 Å². The van der Waals surface area contributed by atoms with E-state index in [2.05, 4.69) is 44.2 Å². The van der Waals surface area contributed by atoms with E-state index >= 15 is 0 Å². The molecule has 0 amide bonds. The van der Waals surface area contributed by atoms with Crippen LogP contribution in [0, 0.1) is 11.8 Å². The number of aromatic nitrogens is 2. The van der Waals surface area contributed by atoms with Gasteiger partial charge >= 0.3 is 0 Å². The molecule has 0 aromatic carbocycles. The second-order valence-electron chi connectivity index (χ2n) is 5.59. The molecule has 0 aliphatic carbocycles. The van der Waals surface area contributed by atoms with Crippen molar-refractivity contribution >= 4 is 0 Å². The van der Waals surface area contributed by atoms with Crippen LogP contribution >= 0.6 is 0 Å². The summed E-state index contributed by atoms with van der Waals surface area (Å²) in [5, 5.41) is 0. The van der Waals surface area contributed by atoms with Gasteiger partial charge in [-0.15, -0.1) is 0 Å². The summed E-state index contributed by atoms with van der Waals surface area (Å²) < 4.78 is 2.25. The van der Waals surface area contributed by atoms with Gasteiger partial charge in [0, 0.05) is 18.3 Å². The Morgan fingerprint density at radius 3 is 2.47 bits per heavy atom. The van der Waals surface area contributed by atoms with Gasteiger partial charge in [0.05, 0.1) is 12.0 Å². The smallest absolute Gasteiger partial charge is 0.0951 e. The Hall–Kier alpha value is -0.830. The number of rotatable bonds is 6. The minimum Gasteiger partial charge on any atom is -0.330 e. The fraction of sp³-hybridized carbons (Fsp3) is 0.786. The predicted octanol–water partition coefficient (Wildman–Crippen LogP) is 3.54. The lowest BCUT2D eigenvalue weighted by Gasteiger charge is -2.25. The van der Waals surface area contributed by atoms with Crippen molar-refractivity contribution in [3.8, 4) is 0 Å². The van der Waals surface area contributed by atoms with E-state index in [0.29, 0.717) is 17.9 Å². The van der Waals surface area contributed by atoms with Crippen molar-refractivity contribution in [2.45, 2.75) is 59.5 Å². The van der Waals surface area contributed by atoms with Crippen LogP contribution in [-0.2, 0) is 0 Å². The minimum atomic E-state index is 0.101. The number of hydrogen-bond donors (Lipinski definition) is 1. The molecular weight excluding hydrogens is 210 g/mol. The van der Waals surface area contributed by atoms with Gasteiger partial charge in [-0.25, -0.2) is 4.98 Å². The van der Waals surface area contributed by atoms with Gasteiger partial charge < -0.3 is 10.3 Å². The zero-order chi connectivity index (χ0) is 13.0. The molecule has 0 radical (unpaired) electrons. The first-order valence-electron chi connectivity index (χ1n) is 6.74. The number of hydrogen-bond acceptors (Lipinski definition) is 2. The minimum absolute atomic E-state index is 0.101. The maximum absolute atomic E-state index is 6.26. The molecule has 2 N–H and O–H groups in total. The molecule has 0 aliphatic heterocycles. The molecule has 1 aromatic heterocycles. The zero-order valence-electron chi connectivity index (χ0n) is 11.9. The molecule has 1 heterocycles. The van der Waals surface area contributed by atoms with Gasteiger partial charge in [-0.05, 0) is 25.2 Å². The lowest BCUT2D eigenvalue weighted by Crippen LogP contribution is -2.21. The van der Waals surface area contributed by atoms with Gasteiger partial charge in [0.15, 0.2) is 0 Å². The standard InChI is InChI=1S/C14H27N3/c1-6-11(4)12(5)17-9-16-8-14(17)13(15)7-10(2)3/h8-13H,6-7,15H2,1-5H3. The summed E-state index contributed by atoms with van der Waals surface area (Å²) in [6.45, 7) is 11.2. The molecule has 1 aromatic rings. The van der Waals surface area contributed by atoms with Crippen LogP contribution in [0.15, 0.2) is 12.5 Å². The third-order valence-electron chi connectivity index (χ3n) is 3.71. The van der Waals surface area contributed by atoms with Crippen LogP contribution in [0.4, 0.5) is 0 Å². The molecule has 0 saturated heterocycles. The summed E-state index contributed by atoms with van der Waals surface area (Å²) in [7, 11) is 0. The molecule has 0 aliphatic rings. The molecule has 0 saturated carbocycles. The monoisotopic (exact) mass is 237 g/mol. The van der Waals surface area contributed by atoms with Crippen LogP contribution in [0.1, 0.15) is 65.2 Å². The largest absolute Gasteiger partial charge is 0.330 e. The van der Waals surface area contributed by atoms with Crippen LogP contribution in [0.5, 0.6) is 0 Å². The first-order valence-corrected chi connectivity index (χ1v) is 6.74. The fourth-order valence-electron chi connectivity index (χ4n) is 2.19. The molecule has 17 heavy (non-hydrogen) atoms. The van der Waals surface area contributed by atoms with E-state index in [9.17, 15) is 0 Å². The Labute approximate surface area is 105 Å². The van der Waals surface area contributed by atoms with Crippen LogP contribution in [-0.4, -0.2) is 9.55 Å². The zero-order valence-corrected chi connectivity index (χ0v) is 11.9. The quantitative estimate of drug-likeness (QED) is 0.822. The molecule has 3 nitrogen and oxygen atoms in total. The molecule has 3 unspecified atom stereocenters. The van der Waals surface area contributed by atoms with Gasteiger partial charge in [-0.2, -0.15) is 0 Å². The highest BCUT2D eigenvalue weighted by Gasteiger charge is 2.19. The van der Waals surface area contributed by atoms with Crippen molar-refractivity contribution in [2.24, 2.45) is 17.6 Å². The third-order valence-corrected chi connectivity index (χ3v) is 3.71. The lowest BCUT2D eigenvalue weighted by molar-refractivity contribution is 0.351. The summed E-state index contributed by atoms with van der Waals surface area (Å²) >= 11 is 0. The first-order chi connectivity index (χ1) is 7.97. The highest BCUT2D eigenvalue weighted by molar-refractivity contribution is 5.06. The Morgan fingerprint density at radius 2 is 1.94 bits per heavy atom. The van der Waals surface area contributed by atoms with Gasteiger partial charge in [0.2, 0.25) is 0 Å². The van der Waals surface area contributed by atoms with Crippen molar-refractivity contribution in [1.29, 1.82) is 0 Å². The van der Waals surface area contributed by atoms with E-state index in [-0.39, 0.29) is 6.04 Å². The van der Waals surface area contributed by atoms with Crippen molar-refractivity contribution in [1.82, 2.24) is 9.55 Å². The molecule has 1 rings (SSSR count). The SMILES string of the molecule is CCC(C)C(C)n1cncc1C(N)CC(C)C. The van der Waals surface area contributed by atoms with Gasteiger partial charge in [0.1, 0.15) is 0 Å². The van der Waals surface area contributed by atoms with E-state index in [1.54, 1.807) is 0 Å². The van der Waals surface area contributed by atoms with E-state index in [0.717, 1.165) is 6.42 Å². The lowest BCUT2D eigenvalue weighted by atomic mass is 9.98. The van der Waals surface area contributed by atoms with Crippen molar-refractivity contribution in [3.63, 3.8) is 0 Å². The summed E-state index contributed by atoms with van der Waals surface area (Å²) in [4.78, 5) is 4.27. The number of nitrogens with two attached hydrogens (primary N) is 1. The number of imidazole rings is 1. The summed E-state index contributed by atoms with van der Waals surface area (Å²) in [6, 6.07) is 0.569. The average molecular weight is 237 g/mol. The van der Waals surface area contributed by atoms with Crippen molar-refractivity contribution in [2.75, 3.05) is 0 Å². The van der Waals surface area contributed by atoms with E-state index in [1.807, 2.05) is 12.5 Å². The van der Waals surface area contributed by atoms with Crippen LogP contribution in [0.2, 0.25) is 0 Å². The third kappa shape index (κ3) is 3.56. The topological polar surface area (TPSA) is 43.8 Å². The summed E-state index contributed by atoms with van der Waals surface area (Å²) in [5.74, 6) is 1.27. The molecule has 3 atom stereocenters. The maximum atomic E-state index is 6.26. The molecule has 0 fully saturated rings. The normalized spacial score (nSPS) is 17.1. The second-order valence-corrected chi connectivity index (χ2v) is 5.59. The Bertz CT molecular complexity index is 330. The molecule has 0 spiro atoms. The van der Waals surface area contributed by atoms with Gasteiger partial charge in [-0.3, -0.25) is 0 Å². The molecule has 3 heteroatoms. The Morgan fingerprint density at radius 1 is 1.29 bits per heavy atom. The fourth-order valence-corrected chi connectivity index (χ4v) is 2.19. The summed E-state index contributed by atoms with van der Waals surface area (Å²) in [6.07, 6.45) is 6.04. The first kappa shape index (κ1) is 14.2. The van der Waals surface area contributed by atoms with Gasteiger partial charge in [0.25, 0.3) is 0 Å². The Kier molecular flexibility index (Phi) is 5.19. The molecule has 98 valence electrons. The second kappa shape index (κ2) is 6.20. The van der Waals surface area contributed by atoms with Crippen LogP contribution in [0.3, 0.4) is 0 Å².